The lowest BCUT2D eigenvalue weighted by atomic mass is 10.0. The number of esters is 1. The van der Waals surface area contributed by atoms with Crippen LogP contribution >= 0.6 is 0 Å². The molecule has 0 rings (SSSR count). The summed E-state index contributed by atoms with van der Waals surface area (Å²) in [6, 6.07) is 0. The average Bonchev–Trinajstić information content (AvgIpc) is 3.05. The summed E-state index contributed by atoms with van der Waals surface area (Å²) in [5.41, 5.74) is 0. The van der Waals surface area contributed by atoms with Crippen molar-refractivity contribution in [2.24, 2.45) is 0 Å². The number of allylic oxidation sites excluding steroid dienone is 8. The number of carbonyl (C=O) groups is 1. The summed E-state index contributed by atoms with van der Waals surface area (Å²) in [4.78, 5) is 12.1. The highest BCUT2D eigenvalue weighted by atomic mass is 16.6. The Kier molecular flexibility index (Phi) is 37.1. The Labute approximate surface area is 280 Å². The van der Waals surface area contributed by atoms with Gasteiger partial charge in [0.1, 0.15) is 12.7 Å². The fourth-order valence-corrected chi connectivity index (χ4v) is 5.23. The molecule has 0 amide bonds. The van der Waals surface area contributed by atoms with E-state index in [-0.39, 0.29) is 19.2 Å². The van der Waals surface area contributed by atoms with Crippen LogP contribution in [0.3, 0.4) is 0 Å². The van der Waals surface area contributed by atoms with Gasteiger partial charge in [-0.15, -0.1) is 0 Å². The van der Waals surface area contributed by atoms with Gasteiger partial charge < -0.3 is 14.6 Å². The third-order valence-corrected chi connectivity index (χ3v) is 8.19. The Morgan fingerprint density at radius 2 is 0.933 bits per heavy atom. The number of aliphatic hydroxyl groups excluding tert-OH is 1. The van der Waals surface area contributed by atoms with E-state index in [0.717, 1.165) is 51.4 Å². The molecule has 0 aliphatic rings. The molecule has 0 spiro atoms. The summed E-state index contributed by atoms with van der Waals surface area (Å²) >= 11 is 0. The largest absolute Gasteiger partial charge is 0.463 e. The number of rotatable bonds is 35. The van der Waals surface area contributed by atoms with Crippen molar-refractivity contribution in [1.29, 1.82) is 0 Å². The van der Waals surface area contributed by atoms with Crippen molar-refractivity contribution < 1.29 is 19.4 Å². The average molecular weight is 631 g/mol. The summed E-state index contributed by atoms with van der Waals surface area (Å²) in [5.74, 6) is -0.174. The van der Waals surface area contributed by atoms with Gasteiger partial charge in [-0.05, 0) is 57.8 Å². The Bertz CT molecular complexity index is 708. The van der Waals surface area contributed by atoms with Crippen LogP contribution in [0.2, 0.25) is 0 Å². The minimum Gasteiger partial charge on any atom is -0.463 e. The predicted molar refractivity (Wildman–Crippen MR) is 196 cm³/mol. The molecule has 0 unspecified atom stereocenters. The van der Waals surface area contributed by atoms with Crippen molar-refractivity contribution in [3.63, 3.8) is 0 Å². The monoisotopic (exact) mass is 631 g/mol. The van der Waals surface area contributed by atoms with E-state index >= 15 is 0 Å². The summed E-state index contributed by atoms with van der Waals surface area (Å²) < 4.78 is 11.1. The van der Waals surface area contributed by atoms with Crippen molar-refractivity contribution >= 4 is 5.97 Å². The normalized spacial score (nSPS) is 12.9. The van der Waals surface area contributed by atoms with Crippen LogP contribution in [-0.4, -0.2) is 37.0 Å². The maximum atomic E-state index is 12.1. The lowest BCUT2D eigenvalue weighted by Crippen LogP contribution is -2.26. The second-order valence-corrected chi connectivity index (χ2v) is 12.6. The van der Waals surface area contributed by atoms with E-state index < -0.39 is 6.10 Å². The van der Waals surface area contributed by atoms with Gasteiger partial charge in [-0.2, -0.15) is 0 Å². The van der Waals surface area contributed by atoms with Crippen LogP contribution in [-0.2, 0) is 14.3 Å². The Balaban J connectivity index is 3.53. The highest BCUT2D eigenvalue weighted by molar-refractivity contribution is 5.69. The molecule has 0 aromatic heterocycles. The molecule has 4 nitrogen and oxygen atoms in total. The van der Waals surface area contributed by atoms with E-state index in [1.54, 1.807) is 0 Å². The van der Waals surface area contributed by atoms with E-state index in [9.17, 15) is 9.90 Å². The molecule has 0 radical (unpaired) electrons. The molecule has 0 aliphatic heterocycles. The number of hydrogen-bond donors (Lipinski definition) is 1. The van der Waals surface area contributed by atoms with Crippen LogP contribution < -0.4 is 0 Å². The highest BCUT2D eigenvalue weighted by Gasteiger charge is 2.11. The quantitative estimate of drug-likeness (QED) is 0.0430. The minimum absolute atomic E-state index is 0.122. The van der Waals surface area contributed by atoms with Gasteiger partial charge in [-0.3, -0.25) is 4.79 Å². The van der Waals surface area contributed by atoms with Gasteiger partial charge >= 0.3 is 5.97 Å². The molecule has 0 heterocycles. The topological polar surface area (TPSA) is 55.8 Å². The number of carbonyl (C=O) groups excluding carboxylic acids is 1. The van der Waals surface area contributed by atoms with Crippen molar-refractivity contribution in [1.82, 2.24) is 0 Å². The zero-order valence-corrected chi connectivity index (χ0v) is 29.9. The first-order valence-corrected chi connectivity index (χ1v) is 19.2. The third kappa shape index (κ3) is 36.7. The van der Waals surface area contributed by atoms with Gasteiger partial charge in [-0.25, -0.2) is 0 Å². The summed E-state index contributed by atoms with van der Waals surface area (Å²) in [5, 5.41) is 9.57. The van der Waals surface area contributed by atoms with Crippen LogP contribution in [0.25, 0.3) is 0 Å². The lowest BCUT2D eigenvalue weighted by molar-refractivity contribution is -0.149. The summed E-state index contributed by atoms with van der Waals surface area (Å²) in [6.07, 6.45) is 48.8. The van der Waals surface area contributed by atoms with Crippen LogP contribution in [0, 0.1) is 0 Å². The molecule has 0 saturated carbocycles. The minimum atomic E-state index is -0.424. The Morgan fingerprint density at radius 1 is 0.533 bits per heavy atom. The van der Waals surface area contributed by atoms with E-state index in [0.29, 0.717) is 13.0 Å². The molecular formula is C41H74O4. The van der Waals surface area contributed by atoms with Gasteiger partial charge in [-0.1, -0.05) is 165 Å². The smallest absolute Gasteiger partial charge is 0.305 e. The van der Waals surface area contributed by atoms with Crippen molar-refractivity contribution in [3.05, 3.63) is 48.6 Å². The third-order valence-electron chi connectivity index (χ3n) is 8.19. The molecule has 0 bridgehead atoms. The second kappa shape index (κ2) is 38.5. The molecular weight excluding hydrogens is 556 g/mol. The van der Waals surface area contributed by atoms with Crippen LogP contribution in [0.15, 0.2) is 48.6 Å². The lowest BCUT2D eigenvalue weighted by Gasteiger charge is -2.15. The van der Waals surface area contributed by atoms with E-state index in [1.807, 2.05) is 0 Å². The second-order valence-electron chi connectivity index (χ2n) is 12.6. The number of unbranched alkanes of at least 4 members (excludes halogenated alkanes) is 19. The van der Waals surface area contributed by atoms with E-state index in [4.69, 9.17) is 9.47 Å². The molecule has 0 aliphatic carbocycles. The first kappa shape index (κ1) is 43.4. The van der Waals surface area contributed by atoms with Crippen molar-refractivity contribution in [2.45, 2.75) is 187 Å². The SMILES string of the molecule is CCCCC/C=C\C/C=C\C/C=C\C/C=C\CCCCO[C@@H](CO)COC(=O)CCCCCCCCCCCCCCCCC. The van der Waals surface area contributed by atoms with Gasteiger partial charge in [0.25, 0.3) is 0 Å². The van der Waals surface area contributed by atoms with Gasteiger partial charge in [0.15, 0.2) is 0 Å². The fourth-order valence-electron chi connectivity index (χ4n) is 5.23. The fraction of sp³-hybridized carbons (Fsp3) is 0.780. The number of ether oxygens (including phenoxy) is 2. The molecule has 4 heteroatoms. The standard InChI is InChI=1S/C41H74O4/c1-3-5-7-9-11-13-15-17-19-20-21-23-25-27-29-31-33-35-37-44-40(38-42)39-45-41(43)36-34-32-30-28-26-24-22-18-16-14-12-10-8-6-4-2/h11,13,17,19,21,23,27,29,40,42H,3-10,12,14-16,18,20,22,24-26,28,30-39H2,1-2H3/b13-11-,19-17-,23-21-,29-27-/t40-/m0/s1. The van der Waals surface area contributed by atoms with Gasteiger partial charge in [0.05, 0.1) is 6.61 Å². The van der Waals surface area contributed by atoms with Crippen LogP contribution in [0.5, 0.6) is 0 Å². The summed E-state index contributed by atoms with van der Waals surface area (Å²) in [6.45, 7) is 5.12. The van der Waals surface area contributed by atoms with E-state index in [2.05, 4.69) is 62.5 Å². The molecule has 1 N–H and O–H groups in total. The van der Waals surface area contributed by atoms with E-state index in [1.165, 1.54) is 109 Å². The highest BCUT2D eigenvalue weighted by Crippen LogP contribution is 2.14. The van der Waals surface area contributed by atoms with Crippen LogP contribution in [0.4, 0.5) is 0 Å². The maximum absolute atomic E-state index is 12.1. The van der Waals surface area contributed by atoms with Gasteiger partial charge in [0.2, 0.25) is 0 Å². The van der Waals surface area contributed by atoms with Gasteiger partial charge in [0, 0.05) is 13.0 Å². The summed E-state index contributed by atoms with van der Waals surface area (Å²) in [7, 11) is 0. The van der Waals surface area contributed by atoms with Crippen molar-refractivity contribution in [2.75, 3.05) is 19.8 Å². The van der Waals surface area contributed by atoms with Crippen LogP contribution in [0.1, 0.15) is 181 Å². The molecule has 262 valence electrons. The first-order chi connectivity index (χ1) is 22.2. The molecule has 0 aromatic carbocycles. The first-order valence-electron chi connectivity index (χ1n) is 19.2. The number of aliphatic hydroxyl groups is 1. The zero-order chi connectivity index (χ0) is 32.7. The molecule has 0 saturated heterocycles. The molecule has 1 atom stereocenters. The Morgan fingerprint density at radius 3 is 1.40 bits per heavy atom. The Hall–Kier alpha value is -1.65. The zero-order valence-electron chi connectivity index (χ0n) is 29.9. The molecule has 0 fully saturated rings. The maximum Gasteiger partial charge on any atom is 0.305 e. The molecule has 0 aromatic rings. The molecule has 45 heavy (non-hydrogen) atoms. The van der Waals surface area contributed by atoms with Crippen molar-refractivity contribution in [3.8, 4) is 0 Å². The predicted octanol–water partition coefficient (Wildman–Crippen LogP) is 12.3. The number of hydrogen-bond acceptors (Lipinski definition) is 4.